The highest BCUT2D eigenvalue weighted by atomic mass is 32.1. The molecule has 1 heterocycles. The predicted molar refractivity (Wildman–Crippen MR) is 243 cm³/mol. The van der Waals surface area contributed by atoms with Crippen LogP contribution < -0.4 is 4.90 Å². The van der Waals surface area contributed by atoms with E-state index >= 15 is 0 Å². The van der Waals surface area contributed by atoms with Crippen LogP contribution in [0.15, 0.2) is 212 Å². The van der Waals surface area contributed by atoms with E-state index < -0.39 is 0 Å². The average Bonchev–Trinajstić information content (AvgIpc) is 3.65. The molecule has 262 valence electrons. The van der Waals surface area contributed by atoms with Crippen molar-refractivity contribution in [2.24, 2.45) is 0 Å². The smallest absolute Gasteiger partial charge is 0.0540 e. The van der Waals surface area contributed by atoms with Crippen LogP contribution in [0, 0.1) is 0 Å². The Kier molecular flexibility index (Phi) is 7.75. The van der Waals surface area contributed by atoms with Crippen LogP contribution >= 0.6 is 11.3 Å². The van der Waals surface area contributed by atoms with Crippen molar-refractivity contribution >= 4 is 80.9 Å². The maximum atomic E-state index is 2.39. The maximum Gasteiger partial charge on any atom is 0.0540 e. The van der Waals surface area contributed by atoms with Gasteiger partial charge in [0, 0.05) is 37.1 Å². The molecule has 0 bridgehead atoms. The summed E-state index contributed by atoms with van der Waals surface area (Å²) in [5.74, 6) is 0. The van der Waals surface area contributed by atoms with Crippen LogP contribution in [0.3, 0.4) is 0 Å². The lowest BCUT2D eigenvalue weighted by atomic mass is 9.94. The van der Waals surface area contributed by atoms with Crippen LogP contribution in [0.2, 0.25) is 0 Å². The summed E-state index contributed by atoms with van der Waals surface area (Å²) in [6.07, 6.45) is 0. The van der Waals surface area contributed by atoms with E-state index in [1.54, 1.807) is 0 Å². The molecule has 11 rings (SSSR count). The minimum absolute atomic E-state index is 1.11. The molecule has 0 aliphatic rings. The summed E-state index contributed by atoms with van der Waals surface area (Å²) in [6, 6.07) is 77.7. The molecule has 0 radical (unpaired) electrons. The van der Waals surface area contributed by atoms with Gasteiger partial charge in [-0.25, -0.2) is 0 Å². The van der Waals surface area contributed by atoms with Gasteiger partial charge >= 0.3 is 0 Å². The van der Waals surface area contributed by atoms with E-state index in [4.69, 9.17) is 0 Å². The number of anilines is 3. The number of hydrogen-bond acceptors (Lipinski definition) is 2. The normalized spacial score (nSPS) is 11.6. The van der Waals surface area contributed by atoms with E-state index in [-0.39, 0.29) is 0 Å². The van der Waals surface area contributed by atoms with Crippen LogP contribution in [-0.2, 0) is 0 Å². The van der Waals surface area contributed by atoms with Crippen LogP contribution in [0.5, 0.6) is 0 Å². The van der Waals surface area contributed by atoms with Gasteiger partial charge in [0.2, 0.25) is 0 Å². The van der Waals surface area contributed by atoms with E-state index in [0.717, 1.165) is 17.1 Å². The van der Waals surface area contributed by atoms with Crippen molar-refractivity contribution in [3.63, 3.8) is 0 Å². The molecule has 0 aliphatic carbocycles. The van der Waals surface area contributed by atoms with Crippen molar-refractivity contribution in [1.82, 2.24) is 0 Å². The fraction of sp³-hybridized carbons (Fsp3) is 0. The van der Waals surface area contributed by atoms with Gasteiger partial charge in [-0.2, -0.15) is 0 Å². The Labute approximate surface area is 330 Å². The second-order valence-corrected chi connectivity index (χ2v) is 15.6. The molecule has 56 heavy (non-hydrogen) atoms. The van der Waals surface area contributed by atoms with Gasteiger partial charge in [0.05, 0.1) is 5.69 Å². The fourth-order valence-electron chi connectivity index (χ4n) is 8.47. The quantitative estimate of drug-likeness (QED) is 0.154. The topological polar surface area (TPSA) is 3.24 Å². The number of para-hydroxylation sites is 1. The average molecular weight is 730 g/mol. The third kappa shape index (κ3) is 5.54. The number of hydrogen-bond donors (Lipinski definition) is 0. The maximum absolute atomic E-state index is 2.39. The molecule has 0 atom stereocenters. The second-order valence-electron chi connectivity index (χ2n) is 14.5. The number of rotatable bonds is 6. The molecule has 0 fully saturated rings. The zero-order valence-electron chi connectivity index (χ0n) is 30.6. The zero-order valence-corrected chi connectivity index (χ0v) is 31.4. The molecule has 0 amide bonds. The Morgan fingerprint density at radius 2 is 0.839 bits per heavy atom. The number of benzene rings is 10. The summed E-state index contributed by atoms with van der Waals surface area (Å²) in [4.78, 5) is 2.39. The molecular weight excluding hydrogens is 695 g/mol. The highest BCUT2D eigenvalue weighted by Gasteiger charge is 2.18. The summed E-state index contributed by atoms with van der Waals surface area (Å²) >= 11 is 1.86. The monoisotopic (exact) mass is 729 g/mol. The van der Waals surface area contributed by atoms with Crippen molar-refractivity contribution in [1.29, 1.82) is 0 Å². The minimum Gasteiger partial charge on any atom is -0.310 e. The Morgan fingerprint density at radius 1 is 0.304 bits per heavy atom. The number of nitrogens with zero attached hydrogens (tertiary/aromatic N) is 1. The predicted octanol–water partition coefficient (Wildman–Crippen LogP) is 16.0. The number of thiophene rings is 1. The van der Waals surface area contributed by atoms with Crippen molar-refractivity contribution < 1.29 is 0 Å². The molecule has 1 nitrogen and oxygen atoms in total. The molecule has 1 aromatic heterocycles. The summed E-state index contributed by atoms with van der Waals surface area (Å²) in [7, 11) is 0. The Morgan fingerprint density at radius 3 is 1.61 bits per heavy atom. The van der Waals surface area contributed by atoms with Crippen LogP contribution in [0.25, 0.3) is 85.9 Å². The van der Waals surface area contributed by atoms with Gasteiger partial charge in [0.15, 0.2) is 0 Å². The van der Waals surface area contributed by atoms with Gasteiger partial charge in [0.1, 0.15) is 0 Å². The van der Waals surface area contributed by atoms with E-state index in [2.05, 4.69) is 217 Å². The molecule has 0 unspecified atom stereocenters. The standard InChI is InChI=1S/C54H35NS/c1-2-10-38(11-3-1)46-13-6-8-16-51(46)55(45-31-26-37(27-32-45)43-28-33-49-48-15-7-9-17-52(48)56-53(49)35-43)44-29-24-36(25-30-44)42-23-20-40-19-22-41-21-18-39-12-4-5-14-47(39)54(41)50(40)34-42/h1-35H. The van der Waals surface area contributed by atoms with Crippen molar-refractivity contribution in [2.45, 2.75) is 0 Å². The van der Waals surface area contributed by atoms with Crippen LogP contribution in [-0.4, -0.2) is 0 Å². The molecule has 0 aliphatic heterocycles. The van der Waals surface area contributed by atoms with Gasteiger partial charge in [-0.1, -0.05) is 164 Å². The molecular formula is C54H35NS. The molecule has 0 N–H and O–H groups in total. The van der Waals surface area contributed by atoms with Crippen LogP contribution in [0.4, 0.5) is 17.1 Å². The lowest BCUT2D eigenvalue weighted by Crippen LogP contribution is -2.11. The van der Waals surface area contributed by atoms with Crippen LogP contribution in [0.1, 0.15) is 0 Å². The van der Waals surface area contributed by atoms with Crippen molar-refractivity contribution in [3.05, 3.63) is 212 Å². The molecule has 11 aromatic rings. The first-order valence-corrected chi connectivity index (χ1v) is 20.0. The van der Waals surface area contributed by atoms with Gasteiger partial charge < -0.3 is 4.90 Å². The zero-order chi connectivity index (χ0) is 37.0. The van der Waals surface area contributed by atoms with E-state index in [0.29, 0.717) is 0 Å². The van der Waals surface area contributed by atoms with Gasteiger partial charge in [-0.05, 0) is 109 Å². The van der Waals surface area contributed by atoms with E-state index in [1.165, 1.54) is 85.9 Å². The largest absolute Gasteiger partial charge is 0.310 e. The molecule has 2 heteroatoms. The van der Waals surface area contributed by atoms with Gasteiger partial charge in [0.25, 0.3) is 0 Å². The van der Waals surface area contributed by atoms with Crippen molar-refractivity contribution in [2.75, 3.05) is 4.90 Å². The van der Waals surface area contributed by atoms with Crippen molar-refractivity contribution in [3.8, 4) is 33.4 Å². The molecule has 0 saturated carbocycles. The third-order valence-electron chi connectivity index (χ3n) is 11.3. The Hall–Kier alpha value is -7.00. The molecule has 0 spiro atoms. The highest BCUT2D eigenvalue weighted by molar-refractivity contribution is 7.25. The molecule has 0 saturated heterocycles. The highest BCUT2D eigenvalue weighted by Crippen LogP contribution is 2.43. The lowest BCUT2D eigenvalue weighted by molar-refractivity contribution is 1.28. The van der Waals surface area contributed by atoms with E-state index in [1.807, 2.05) is 11.3 Å². The minimum atomic E-state index is 1.11. The summed E-state index contributed by atoms with van der Waals surface area (Å²) in [5.41, 5.74) is 10.6. The number of fused-ring (bicyclic) bond motifs is 8. The first-order chi connectivity index (χ1) is 27.7. The Balaban J connectivity index is 1.01. The fourth-order valence-corrected chi connectivity index (χ4v) is 9.62. The first kappa shape index (κ1) is 32.4. The first-order valence-electron chi connectivity index (χ1n) is 19.2. The van der Waals surface area contributed by atoms with E-state index in [9.17, 15) is 0 Å². The summed E-state index contributed by atoms with van der Waals surface area (Å²) in [6.45, 7) is 0. The summed E-state index contributed by atoms with van der Waals surface area (Å²) in [5, 5.41) is 10.3. The van der Waals surface area contributed by atoms with Gasteiger partial charge in [-0.15, -0.1) is 11.3 Å². The lowest BCUT2D eigenvalue weighted by Gasteiger charge is -2.28. The SMILES string of the molecule is c1ccc(-c2ccccc2N(c2ccc(-c3ccc4c(c3)sc3ccccc34)cc2)c2ccc(-c3ccc4ccc5ccc6ccccc6c5c4c3)cc2)cc1. The summed E-state index contributed by atoms with van der Waals surface area (Å²) < 4.78 is 2.65. The molecule has 10 aromatic carbocycles. The third-order valence-corrected chi connectivity index (χ3v) is 12.4. The second kappa shape index (κ2) is 13.4. The Bertz CT molecular complexity index is 3230. The van der Waals surface area contributed by atoms with Gasteiger partial charge in [-0.3, -0.25) is 0 Å².